The molecular weight excluding hydrogens is 454 g/mol. The molecule has 0 saturated carbocycles. The van der Waals surface area contributed by atoms with E-state index < -0.39 is 23.8 Å². The van der Waals surface area contributed by atoms with Crippen molar-refractivity contribution in [3.05, 3.63) is 64.6 Å². The monoisotopic (exact) mass is 481 g/mol. The molecule has 1 fully saturated rings. The van der Waals surface area contributed by atoms with Crippen molar-refractivity contribution in [3.8, 4) is 0 Å². The van der Waals surface area contributed by atoms with Crippen LogP contribution in [0.4, 0.5) is 0 Å². The first-order valence-corrected chi connectivity index (χ1v) is 12.2. The maximum Gasteiger partial charge on any atom is 0.326 e. The molecule has 1 aromatic heterocycles. The molecule has 1 aliphatic heterocycles. The third kappa shape index (κ3) is 5.98. The van der Waals surface area contributed by atoms with Crippen LogP contribution in [0.15, 0.2) is 53.4 Å². The fourth-order valence-electron chi connectivity index (χ4n) is 4.18. The Hall–Kier alpha value is -3.30. The molecule has 34 heavy (non-hydrogen) atoms. The van der Waals surface area contributed by atoms with Gasteiger partial charge in [0, 0.05) is 31.3 Å². The van der Waals surface area contributed by atoms with E-state index in [9.17, 15) is 19.5 Å². The second-order valence-corrected chi connectivity index (χ2v) is 9.04. The highest BCUT2D eigenvalue weighted by molar-refractivity contribution is 7.07. The third-order valence-electron chi connectivity index (χ3n) is 6.01. The predicted molar refractivity (Wildman–Crippen MR) is 129 cm³/mol. The highest BCUT2D eigenvalue weighted by atomic mass is 32.1. The number of fused-ring (bicyclic) bond motifs is 1. The lowest BCUT2D eigenvalue weighted by Gasteiger charge is -2.29. The second kappa shape index (κ2) is 11.2. The van der Waals surface area contributed by atoms with Crippen LogP contribution in [0.5, 0.6) is 0 Å². The maximum absolute atomic E-state index is 13.4. The van der Waals surface area contributed by atoms with Crippen molar-refractivity contribution in [1.82, 2.24) is 15.2 Å². The van der Waals surface area contributed by atoms with Crippen LogP contribution in [-0.2, 0) is 32.0 Å². The molecule has 178 valence electrons. The standard InChI is InChI=1S/C25H27N3O5S/c29-23(28-8-10-33-11-9-28)13-19(12-18-6-3-5-17-4-1-2-7-21(17)18)24(30)27-22(25(31)32)14-20-15-34-16-26-20/h1-7,15-16,19,22H,8-14H2,(H,27,30)(H,31,32)/t19-,22?/m1/s1. The lowest BCUT2D eigenvalue weighted by molar-refractivity contribution is -0.143. The minimum atomic E-state index is -1.13. The Morgan fingerprint density at radius 2 is 1.85 bits per heavy atom. The number of carbonyl (C=O) groups excluding carboxylic acids is 2. The first-order chi connectivity index (χ1) is 16.5. The topological polar surface area (TPSA) is 109 Å². The average Bonchev–Trinajstić information content (AvgIpc) is 3.37. The lowest BCUT2D eigenvalue weighted by atomic mass is 9.91. The Morgan fingerprint density at radius 3 is 2.59 bits per heavy atom. The van der Waals surface area contributed by atoms with E-state index in [1.54, 1.807) is 15.8 Å². The molecule has 0 spiro atoms. The summed E-state index contributed by atoms with van der Waals surface area (Å²) in [5.74, 6) is -2.42. The van der Waals surface area contributed by atoms with E-state index in [0.29, 0.717) is 38.4 Å². The molecule has 1 saturated heterocycles. The zero-order chi connectivity index (χ0) is 23.9. The molecule has 1 aliphatic rings. The lowest BCUT2D eigenvalue weighted by Crippen LogP contribution is -2.47. The highest BCUT2D eigenvalue weighted by Gasteiger charge is 2.30. The molecule has 2 heterocycles. The number of benzene rings is 2. The Kier molecular flexibility index (Phi) is 7.87. The molecule has 0 bridgehead atoms. The molecule has 9 heteroatoms. The fourth-order valence-corrected chi connectivity index (χ4v) is 4.75. The molecule has 3 aromatic rings. The summed E-state index contributed by atoms with van der Waals surface area (Å²) < 4.78 is 5.33. The van der Waals surface area contributed by atoms with Crippen LogP contribution in [0.2, 0.25) is 0 Å². The second-order valence-electron chi connectivity index (χ2n) is 8.32. The molecular formula is C25H27N3O5S. The first kappa shape index (κ1) is 23.8. The fraction of sp³-hybridized carbons (Fsp3) is 0.360. The van der Waals surface area contributed by atoms with Crippen molar-refractivity contribution < 1.29 is 24.2 Å². The van der Waals surface area contributed by atoms with Crippen LogP contribution in [0.25, 0.3) is 10.8 Å². The number of carboxylic acid groups (broad SMARTS) is 1. The van der Waals surface area contributed by atoms with E-state index in [0.717, 1.165) is 16.3 Å². The Balaban J connectivity index is 1.55. The van der Waals surface area contributed by atoms with Crippen molar-refractivity contribution in [1.29, 1.82) is 0 Å². The number of rotatable bonds is 9. The molecule has 2 atom stereocenters. The maximum atomic E-state index is 13.4. The van der Waals surface area contributed by atoms with E-state index in [-0.39, 0.29) is 18.7 Å². The van der Waals surface area contributed by atoms with Gasteiger partial charge < -0.3 is 20.1 Å². The number of nitrogens with one attached hydrogen (secondary N) is 1. The van der Waals surface area contributed by atoms with E-state index in [2.05, 4.69) is 10.3 Å². The predicted octanol–water partition coefficient (Wildman–Crippen LogP) is 2.52. The van der Waals surface area contributed by atoms with Crippen molar-refractivity contribution in [3.63, 3.8) is 0 Å². The molecule has 0 radical (unpaired) electrons. The number of amides is 2. The molecule has 2 amide bonds. The van der Waals surface area contributed by atoms with Crippen LogP contribution in [0.1, 0.15) is 17.7 Å². The Morgan fingerprint density at radius 1 is 1.09 bits per heavy atom. The number of aliphatic carboxylic acids is 1. The van der Waals surface area contributed by atoms with E-state index in [1.807, 2.05) is 42.5 Å². The summed E-state index contributed by atoms with van der Waals surface area (Å²) >= 11 is 1.37. The summed E-state index contributed by atoms with van der Waals surface area (Å²) in [5, 5.41) is 16.2. The summed E-state index contributed by atoms with van der Waals surface area (Å²) in [7, 11) is 0. The highest BCUT2D eigenvalue weighted by Crippen LogP contribution is 2.23. The number of aromatic nitrogens is 1. The zero-order valence-corrected chi connectivity index (χ0v) is 19.5. The van der Waals surface area contributed by atoms with Gasteiger partial charge in [-0.25, -0.2) is 9.78 Å². The zero-order valence-electron chi connectivity index (χ0n) is 18.7. The van der Waals surface area contributed by atoms with Crippen LogP contribution < -0.4 is 5.32 Å². The number of nitrogens with zero attached hydrogens (tertiary/aromatic N) is 2. The van der Waals surface area contributed by atoms with E-state index in [1.165, 1.54) is 11.3 Å². The van der Waals surface area contributed by atoms with Crippen molar-refractivity contribution in [2.24, 2.45) is 5.92 Å². The number of hydrogen-bond acceptors (Lipinski definition) is 6. The first-order valence-electron chi connectivity index (χ1n) is 11.2. The number of morpholine rings is 1. The Labute approximate surface area is 201 Å². The summed E-state index contributed by atoms with van der Waals surface area (Å²) in [4.78, 5) is 44.1. The van der Waals surface area contributed by atoms with Crippen LogP contribution in [-0.4, -0.2) is 65.1 Å². The molecule has 4 rings (SSSR count). The summed E-state index contributed by atoms with van der Waals surface area (Å²) in [6.45, 7) is 1.92. The van der Waals surface area contributed by atoms with Crippen LogP contribution >= 0.6 is 11.3 Å². The molecule has 2 N–H and O–H groups in total. The van der Waals surface area contributed by atoms with Gasteiger partial charge in [-0.05, 0) is 22.8 Å². The summed E-state index contributed by atoms with van der Waals surface area (Å²) in [6.07, 6.45) is 0.410. The number of hydrogen-bond donors (Lipinski definition) is 2. The van der Waals surface area contributed by atoms with Gasteiger partial charge >= 0.3 is 5.97 Å². The third-order valence-corrected chi connectivity index (χ3v) is 6.65. The van der Waals surface area contributed by atoms with E-state index >= 15 is 0 Å². The van der Waals surface area contributed by atoms with Gasteiger partial charge in [0.15, 0.2) is 0 Å². The van der Waals surface area contributed by atoms with Crippen molar-refractivity contribution >= 4 is 39.9 Å². The van der Waals surface area contributed by atoms with Crippen molar-refractivity contribution in [2.45, 2.75) is 25.3 Å². The van der Waals surface area contributed by atoms with E-state index in [4.69, 9.17) is 4.74 Å². The van der Waals surface area contributed by atoms with Crippen molar-refractivity contribution in [2.75, 3.05) is 26.3 Å². The average molecular weight is 482 g/mol. The van der Waals surface area contributed by atoms with Gasteiger partial charge in [-0.1, -0.05) is 42.5 Å². The van der Waals surface area contributed by atoms with Crippen LogP contribution in [0.3, 0.4) is 0 Å². The smallest absolute Gasteiger partial charge is 0.326 e. The van der Waals surface area contributed by atoms with Gasteiger partial charge in [-0.15, -0.1) is 11.3 Å². The quantitative estimate of drug-likeness (QED) is 0.486. The number of carboxylic acids is 1. The minimum absolute atomic E-state index is 0.00189. The summed E-state index contributed by atoms with van der Waals surface area (Å²) in [5.41, 5.74) is 3.17. The SMILES string of the molecule is O=C(O)C(Cc1cscn1)NC(=O)[C@@H](CC(=O)N1CCOCC1)Cc1cccc2ccccc12. The molecule has 2 aromatic carbocycles. The Bertz CT molecular complexity index is 1140. The minimum Gasteiger partial charge on any atom is -0.480 e. The molecule has 0 aliphatic carbocycles. The largest absolute Gasteiger partial charge is 0.480 e. The summed E-state index contributed by atoms with van der Waals surface area (Å²) in [6, 6.07) is 12.6. The van der Waals surface area contributed by atoms with Gasteiger partial charge in [-0.2, -0.15) is 0 Å². The van der Waals surface area contributed by atoms with Gasteiger partial charge in [0.2, 0.25) is 11.8 Å². The van der Waals surface area contributed by atoms with Gasteiger partial charge in [0.1, 0.15) is 6.04 Å². The van der Waals surface area contributed by atoms with Gasteiger partial charge in [-0.3, -0.25) is 9.59 Å². The normalized spacial score (nSPS) is 15.6. The number of carbonyl (C=O) groups is 3. The molecule has 8 nitrogen and oxygen atoms in total. The number of ether oxygens (including phenoxy) is 1. The van der Waals surface area contributed by atoms with Gasteiger partial charge in [0.05, 0.1) is 30.3 Å². The molecule has 1 unspecified atom stereocenters. The van der Waals surface area contributed by atoms with Crippen LogP contribution in [0, 0.1) is 5.92 Å². The number of thiazole rings is 1. The van der Waals surface area contributed by atoms with Gasteiger partial charge in [0.25, 0.3) is 0 Å².